The number of benzene rings is 1. The van der Waals surface area contributed by atoms with Crippen LogP contribution in [0.3, 0.4) is 0 Å². The van der Waals surface area contributed by atoms with Crippen molar-refractivity contribution in [2.75, 3.05) is 6.61 Å². The van der Waals surface area contributed by atoms with Crippen LogP contribution in [0.15, 0.2) is 29.1 Å². The number of thiocarbonyl (C=S) groups is 1. The van der Waals surface area contributed by atoms with Crippen molar-refractivity contribution in [2.24, 2.45) is 7.05 Å². The van der Waals surface area contributed by atoms with E-state index in [4.69, 9.17) is 17.0 Å². The molecule has 0 radical (unpaired) electrons. The third-order valence-corrected chi connectivity index (χ3v) is 3.41. The SMILES string of the molecule is CCOC(=S)c1nnn2c3ccccc3c(=O)n(C)c12. The minimum Gasteiger partial charge on any atom is -0.482 e. The molecule has 3 rings (SSSR count). The molecule has 2 aromatic heterocycles. The molecule has 0 spiro atoms. The van der Waals surface area contributed by atoms with Gasteiger partial charge in [-0.1, -0.05) is 17.3 Å². The molecule has 0 aliphatic heterocycles. The van der Waals surface area contributed by atoms with Gasteiger partial charge in [0.15, 0.2) is 11.3 Å². The molecule has 0 bridgehead atoms. The Bertz CT molecular complexity index is 881. The highest BCUT2D eigenvalue weighted by Gasteiger charge is 2.18. The topological polar surface area (TPSA) is 61.4 Å². The minimum atomic E-state index is -0.115. The Balaban J connectivity index is 2.44. The second kappa shape index (κ2) is 4.68. The van der Waals surface area contributed by atoms with E-state index in [1.165, 1.54) is 4.57 Å². The second-order valence-corrected chi connectivity index (χ2v) is 4.65. The lowest BCUT2D eigenvalue weighted by atomic mass is 10.2. The first-order valence-electron chi connectivity index (χ1n) is 6.15. The van der Waals surface area contributed by atoms with Crippen LogP contribution in [0, 0.1) is 0 Å². The summed E-state index contributed by atoms with van der Waals surface area (Å²) in [5.74, 6) is 0. The molecule has 0 N–H and O–H groups in total. The molecule has 0 saturated carbocycles. The zero-order valence-electron chi connectivity index (χ0n) is 11.0. The summed E-state index contributed by atoms with van der Waals surface area (Å²) in [6.45, 7) is 2.28. The lowest BCUT2D eigenvalue weighted by Gasteiger charge is -2.07. The molecule has 7 heteroatoms. The lowest BCUT2D eigenvalue weighted by Crippen LogP contribution is -2.21. The van der Waals surface area contributed by atoms with Crippen LogP contribution in [-0.4, -0.2) is 31.1 Å². The van der Waals surface area contributed by atoms with Crippen LogP contribution < -0.4 is 5.56 Å². The number of aryl methyl sites for hydroxylation is 1. The van der Waals surface area contributed by atoms with Crippen molar-refractivity contribution < 1.29 is 4.74 Å². The van der Waals surface area contributed by atoms with Crippen LogP contribution in [0.25, 0.3) is 16.6 Å². The standard InChI is InChI=1S/C13H12N4O2S/c1-3-19-13(20)10-11-16(2)12(18)8-6-4-5-7-9(8)17(11)15-14-10/h4-7H,3H2,1-2H3. The number of hydrogen-bond acceptors (Lipinski definition) is 5. The van der Waals surface area contributed by atoms with Crippen molar-refractivity contribution in [3.63, 3.8) is 0 Å². The number of rotatable bonds is 2. The minimum absolute atomic E-state index is 0.115. The smallest absolute Gasteiger partial charge is 0.261 e. The Hall–Kier alpha value is -2.28. The van der Waals surface area contributed by atoms with E-state index < -0.39 is 0 Å². The summed E-state index contributed by atoms with van der Waals surface area (Å²) < 4.78 is 8.40. The third kappa shape index (κ3) is 1.70. The molecular formula is C13H12N4O2S. The first kappa shape index (κ1) is 12.7. The largest absolute Gasteiger partial charge is 0.482 e. The highest BCUT2D eigenvalue weighted by Crippen LogP contribution is 2.15. The molecule has 0 amide bonds. The highest BCUT2D eigenvalue weighted by molar-refractivity contribution is 7.80. The van der Waals surface area contributed by atoms with E-state index in [-0.39, 0.29) is 10.6 Å². The predicted molar refractivity (Wildman–Crippen MR) is 79.1 cm³/mol. The first-order chi connectivity index (χ1) is 9.65. The zero-order valence-corrected chi connectivity index (χ0v) is 11.8. The number of para-hydroxylation sites is 1. The fraction of sp³-hybridized carbons (Fsp3) is 0.231. The third-order valence-electron chi connectivity index (χ3n) is 3.10. The Morgan fingerprint density at radius 2 is 2.15 bits per heavy atom. The predicted octanol–water partition coefficient (Wildman–Crippen LogP) is 1.29. The summed E-state index contributed by atoms with van der Waals surface area (Å²) in [6, 6.07) is 7.26. The molecular weight excluding hydrogens is 276 g/mol. The molecule has 102 valence electrons. The number of nitrogens with zero attached hydrogens (tertiary/aromatic N) is 4. The molecule has 6 nitrogen and oxygen atoms in total. The van der Waals surface area contributed by atoms with E-state index >= 15 is 0 Å². The highest BCUT2D eigenvalue weighted by atomic mass is 32.1. The van der Waals surface area contributed by atoms with Crippen molar-refractivity contribution in [2.45, 2.75) is 6.92 Å². The summed E-state index contributed by atoms with van der Waals surface area (Å²) in [4.78, 5) is 12.4. The van der Waals surface area contributed by atoms with Gasteiger partial charge in [-0.25, -0.2) is 0 Å². The van der Waals surface area contributed by atoms with Crippen molar-refractivity contribution in [3.8, 4) is 0 Å². The van der Waals surface area contributed by atoms with Gasteiger partial charge in [-0.3, -0.25) is 9.36 Å². The fourth-order valence-corrected chi connectivity index (χ4v) is 2.44. The Kier molecular flexibility index (Phi) is 2.98. The van der Waals surface area contributed by atoms with E-state index in [1.54, 1.807) is 17.6 Å². The maximum atomic E-state index is 12.4. The average molecular weight is 288 g/mol. The summed E-state index contributed by atoms with van der Waals surface area (Å²) in [7, 11) is 1.67. The first-order valence-corrected chi connectivity index (χ1v) is 6.56. The van der Waals surface area contributed by atoms with Crippen molar-refractivity contribution in [3.05, 3.63) is 40.3 Å². The summed E-state index contributed by atoms with van der Waals surface area (Å²) in [5.41, 5.74) is 1.53. The van der Waals surface area contributed by atoms with Gasteiger partial charge in [0.1, 0.15) is 0 Å². The molecule has 0 aliphatic carbocycles. The lowest BCUT2D eigenvalue weighted by molar-refractivity contribution is 0.337. The maximum absolute atomic E-state index is 12.4. The van der Waals surface area contributed by atoms with Gasteiger partial charge >= 0.3 is 0 Å². The van der Waals surface area contributed by atoms with Crippen LogP contribution >= 0.6 is 12.2 Å². The molecule has 3 aromatic rings. The maximum Gasteiger partial charge on any atom is 0.261 e. The van der Waals surface area contributed by atoms with E-state index in [0.29, 0.717) is 28.9 Å². The molecule has 0 unspecified atom stereocenters. The van der Waals surface area contributed by atoms with E-state index in [2.05, 4.69) is 10.3 Å². The van der Waals surface area contributed by atoms with Gasteiger partial charge in [0.2, 0.25) is 5.05 Å². The van der Waals surface area contributed by atoms with Crippen molar-refractivity contribution in [1.29, 1.82) is 0 Å². The van der Waals surface area contributed by atoms with Gasteiger partial charge in [-0.2, -0.15) is 4.52 Å². The Labute approximate surface area is 119 Å². The van der Waals surface area contributed by atoms with Crippen molar-refractivity contribution in [1.82, 2.24) is 19.4 Å². The number of hydrogen-bond donors (Lipinski definition) is 0. The monoisotopic (exact) mass is 288 g/mol. The number of fused-ring (bicyclic) bond motifs is 3. The van der Waals surface area contributed by atoms with Gasteiger partial charge in [-0.15, -0.1) is 5.10 Å². The fourth-order valence-electron chi connectivity index (χ4n) is 2.19. The summed E-state index contributed by atoms with van der Waals surface area (Å²) in [5, 5.41) is 8.97. The van der Waals surface area contributed by atoms with Gasteiger partial charge in [0.05, 0.1) is 17.5 Å². The number of ether oxygens (including phenoxy) is 1. The molecule has 0 fully saturated rings. The zero-order chi connectivity index (χ0) is 14.3. The molecule has 0 saturated heterocycles. The van der Waals surface area contributed by atoms with Crippen molar-refractivity contribution >= 4 is 33.8 Å². The quantitative estimate of drug-likeness (QED) is 0.665. The van der Waals surface area contributed by atoms with Gasteiger partial charge < -0.3 is 4.74 Å². The van der Waals surface area contributed by atoms with Gasteiger partial charge in [0, 0.05) is 7.05 Å². The normalized spacial score (nSPS) is 11.1. The van der Waals surface area contributed by atoms with Crippen LogP contribution in [0.2, 0.25) is 0 Å². The van der Waals surface area contributed by atoms with E-state index in [9.17, 15) is 4.79 Å². The Morgan fingerprint density at radius 1 is 1.40 bits per heavy atom. The molecule has 1 aromatic carbocycles. The van der Waals surface area contributed by atoms with Crippen LogP contribution in [0.1, 0.15) is 12.6 Å². The summed E-state index contributed by atoms with van der Waals surface area (Å²) >= 11 is 5.17. The van der Waals surface area contributed by atoms with Crippen LogP contribution in [0.4, 0.5) is 0 Å². The summed E-state index contributed by atoms with van der Waals surface area (Å²) in [6.07, 6.45) is 0. The molecule has 0 aliphatic rings. The number of aromatic nitrogens is 4. The molecule has 20 heavy (non-hydrogen) atoms. The van der Waals surface area contributed by atoms with E-state index in [1.807, 2.05) is 25.1 Å². The second-order valence-electron chi connectivity index (χ2n) is 4.28. The van der Waals surface area contributed by atoms with E-state index in [0.717, 1.165) is 0 Å². The molecule has 0 atom stereocenters. The van der Waals surface area contributed by atoms with Crippen LogP contribution in [0.5, 0.6) is 0 Å². The average Bonchev–Trinajstić information content (AvgIpc) is 2.90. The van der Waals surface area contributed by atoms with Gasteiger partial charge in [0.25, 0.3) is 5.56 Å². The van der Waals surface area contributed by atoms with Gasteiger partial charge in [-0.05, 0) is 31.3 Å². The van der Waals surface area contributed by atoms with Crippen LogP contribution in [-0.2, 0) is 11.8 Å². The molecule has 2 heterocycles. The Morgan fingerprint density at radius 3 is 2.90 bits per heavy atom.